The Bertz CT molecular complexity index is 742. The average Bonchev–Trinajstić information content (AvgIpc) is 2.53. The number of esters is 1. The Morgan fingerprint density at radius 3 is 2.45 bits per heavy atom. The van der Waals surface area contributed by atoms with Gasteiger partial charge in [-0.05, 0) is 24.6 Å². The summed E-state index contributed by atoms with van der Waals surface area (Å²) in [6.45, 7) is 6.61. The van der Waals surface area contributed by atoms with Gasteiger partial charge in [0.1, 0.15) is 0 Å². The first-order valence-electron chi connectivity index (χ1n) is 7.01. The van der Waals surface area contributed by atoms with Crippen LogP contribution in [0.2, 0.25) is 0 Å². The maximum absolute atomic E-state index is 12.4. The summed E-state index contributed by atoms with van der Waals surface area (Å²) in [5, 5.41) is 12.5. The highest BCUT2D eigenvalue weighted by molar-refractivity contribution is 6.05. The Balaban J connectivity index is 2.75. The minimum atomic E-state index is -2.19. The van der Waals surface area contributed by atoms with Crippen molar-refractivity contribution in [3.05, 3.63) is 60.2 Å². The fraction of sp³-hybridized carbons (Fsp3) is 0.222. The number of carbonyl (C=O) groups is 2. The Morgan fingerprint density at radius 1 is 1.18 bits per heavy atom. The maximum Gasteiger partial charge on any atom is 0.347 e. The predicted molar refractivity (Wildman–Crippen MR) is 84.3 cm³/mol. The molecule has 0 spiro atoms. The molecule has 1 unspecified atom stereocenters. The number of ether oxygens (including phenoxy) is 1. The molecule has 0 amide bonds. The highest BCUT2D eigenvalue weighted by atomic mass is 16.5. The van der Waals surface area contributed by atoms with Crippen molar-refractivity contribution >= 4 is 22.5 Å². The molecule has 2 rings (SSSR count). The van der Waals surface area contributed by atoms with Gasteiger partial charge in [-0.1, -0.05) is 49.0 Å². The number of carbonyl (C=O) groups excluding carboxylic acids is 2. The van der Waals surface area contributed by atoms with Crippen molar-refractivity contribution in [1.29, 1.82) is 0 Å². The third-order valence-electron chi connectivity index (χ3n) is 3.61. The fourth-order valence-electron chi connectivity index (χ4n) is 2.43. The van der Waals surface area contributed by atoms with Crippen molar-refractivity contribution in [1.82, 2.24) is 0 Å². The lowest BCUT2D eigenvalue weighted by Crippen LogP contribution is -2.41. The second-order valence-electron chi connectivity index (χ2n) is 4.99. The van der Waals surface area contributed by atoms with Gasteiger partial charge < -0.3 is 9.84 Å². The van der Waals surface area contributed by atoms with Crippen LogP contribution in [0.15, 0.2) is 54.6 Å². The van der Waals surface area contributed by atoms with Crippen molar-refractivity contribution < 1.29 is 19.4 Å². The highest BCUT2D eigenvalue weighted by Gasteiger charge is 2.45. The van der Waals surface area contributed by atoms with Crippen molar-refractivity contribution in [3.63, 3.8) is 0 Å². The van der Waals surface area contributed by atoms with Gasteiger partial charge in [0.15, 0.2) is 5.78 Å². The zero-order valence-electron chi connectivity index (χ0n) is 12.6. The van der Waals surface area contributed by atoms with Crippen molar-refractivity contribution in [2.45, 2.75) is 19.4 Å². The molecule has 2 aromatic rings. The van der Waals surface area contributed by atoms with Crippen LogP contribution in [0.25, 0.3) is 10.8 Å². The lowest BCUT2D eigenvalue weighted by Gasteiger charge is -2.28. The van der Waals surface area contributed by atoms with Crippen molar-refractivity contribution in [2.75, 3.05) is 6.61 Å². The smallest absolute Gasteiger partial charge is 0.347 e. The summed E-state index contributed by atoms with van der Waals surface area (Å²) < 4.78 is 4.98. The van der Waals surface area contributed by atoms with Crippen LogP contribution in [0.5, 0.6) is 0 Å². The number of aliphatic hydroxyl groups is 1. The van der Waals surface area contributed by atoms with Crippen molar-refractivity contribution in [3.8, 4) is 0 Å². The van der Waals surface area contributed by atoms with Gasteiger partial charge >= 0.3 is 5.97 Å². The van der Waals surface area contributed by atoms with Gasteiger partial charge in [0.2, 0.25) is 5.60 Å². The topological polar surface area (TPSA) is 63.6 Å². The monoisotopic (exact) mass is 298 g/mol. The summed E-state index contributed by atoms with van der Waals surface area (Å²) in [7, 11) is 0. The van der Waals surface area contributed by atoms with E-state index in [0.717, 1.165) is 5.39 Å². The summed E-state index contributed by atoms with van der Waals surface area (Å²) in [6.07, 6.45) is 0. The molecule has 0 saturated carbocycles. The van der Waals surface area contributed by atoms with Gasteiger partial charge in [0.05, 0.1) is 6.61 Å². The quantitative estimate of drug-likeness (QED) is 0.681. The maximum atomic E-state index is 12.4. The zero-order chi connectivity index (χ0) is 16.3. The first-order chi connectivity index (χ1) is 10.4. The minimum Gasteiger partial charge on any atom is -0.463 e. The molecule has 4 nitrogen and oxygen atoms in total. The van der Waals surface area contributed by atoms with Gasteiger partial charge in [-0.2, -0.15) is 0 Å². The zero-order valence-corrected chi connectivity index (χ0v) is 12.6. The van der Waals surface area contributed by atoms with Gasteiger partial charge in [0.25, 0.3) is 0 Å². The normalized spacial score (nSPS) is 13.4. The largest absolute Gasteiger partial charge is 0.463 e. The second kappa shape index (κ2) is 6.12. The summed E-state index contributed by atoms with van der Waals surface area (Å²) in [5.74, 6) is -1.37. The summed E-state index contributed by atoms with van der Waals surface area (Å²) in [6, 6.07) is 12.5. The lowest BCUT2D eigenvalue weighted by atomic mass is 9.82. The van der Waals surface area contributed by atoms with Gasteiger partial charge in [-0.15, -0.1) is 0 Å². The summed E-state index contributed by atoms with van der Waals surface area (Å²) in [5.41, 5.74) is -2.10. The SMILES string of the molecule is C=C(C(C)=O)C(O)(C(=O)OCC)c1cccc2ccccc12. The number of ketones is 1. The number of hydrogen-bond acceptors (Lipinski definition) is 4. The predicted octanol–water partition coefficient (Wildman–Crippen LogP) is 2.74. The number of benzene rings is 2. The van der Waals surface area contributed by atoms with E-state index in [1.165, 1.54) is 6.92 Å². The molecular weight excluding hydrogens is 280 g/mol. The van der Waals surface area contributed by atoms with Crippen LogP contribution in [-0.4, -0.2) is 23.5 Å². The molecule has 0 heterocycles. The number of Topliss-reactive ketones (excluding diaryl/α,β-unsaturated/α-hetero) is 1. The Morgan fingerprint density at radius 2 is 1.82 bits per heavy atom. The van der Waals surface area contributed by atoms with Gasteiger partial charge in [-0.25, -0.2) is 4.79 Å². The molecule has 1 N–H and O–H groups in total. The first-order valence-corrected chi connectivity index (χ1v) is 7.01. The van der Waals surface area contributed by atoms with E-state index in [0.29, 0.717) is 10.9 Å². The van der Waals surface area contributed by atoms with Crippen molar-refractivity contribution in [2.24, 2.45) is 0 Å². The molecule has 114 valence electrons. The second-order valence-corrected chi connectivity index (χ2v) is 4.99. The molecule has 0 saturated heterocycles. The molecule has 0 aliphatic heterocycles. The van der Waals surface area contributed by atoms with Crippen LogP contribution < -0.4 is 0 Å². The van der Waals surface area contributed by atoms with Crippen LogP contribution >= 0.6 is 0 Å². The molecule has 2 aromatic carbocycles. The number of hydrogen-bond donors (Lipinski definition) is 1. The molecule has 0 aliphatic carbocycles. The molecule has 0 bridgehead atoms. The third kappa shape index (κ3) is 2.53. The van der Waals surface area contributed by atoms with Crippen LogP contribution in [-0.2, 0) is 19.9 Å². The van der Waals surface area contributed by atoms with Gasteiger partial charge in [-0.3, -0.25) is 4.79 Å². The van der Waals surface area contributed by atoms with Crippen LogP contribution in [0.4, 0.5) is 0 Å². The molecule has 0 radical (unpaired) electrons. The third-order valence-corrected chi connectivity index (χ3v) is 3.61. The minimum absolute atomic E-state index is 0.0943. The van der Waals surface area contributed by atoms with E-state index in [2.05, 4.69) is 6.58 Å². The molecule has 1 atom stereocenters. The molecule has 0 aliphatic rings. The highest BCUT2D eigenvalue weighted by Crippen LogP contribution is 2.35. The lowest BCUT2D eigenvalue weighted by molar-refractivity contribution is -0.162. The van der Waals surface area contributed by atoms with E-state index in [4.69, 9.17) is 4.74 Å². The standard InChI is InChI=1S/C18H18O4/c1-4-22-17(20)18(21,12(2)13(3)19)16-11-7-9-14-8-5-6-10-15(14)16/h5-11,21H,2,4H2,1,3H3. The van der Waals surface area contributed by atoms with Crippen LogP contribution in [0, 0.1) is 0 Å². The number of rotatable bonds is 5. The van der Waals surface area contributed by atoms with E-state index in [1.54, 1.807) is 31.2 Å². The van der Waals surface area contributed by atoms with Gasteiger partial charge in [0, 0.05) is 11.1 Å². The Hall–Kier alpha value is -2.46. The summed E-state index contributed by atoms with van der Waals surface area (Å²) in [4.78, 5) is 24.1. The fourth-order valence-corrected chi connectivity index (χ4v) is 2.43. The molecule has 0 fully saturated rings. The molecule has 0 aromatic heterocycles. The van der Waals surface area contributed by atoms with E-state index in [-0.39, 0.29) is 12.2 Å². The number of fused-ring (bicyclic) bond motifs is 1. The molecule has 22 heavy (non-hydrogen) atoms. The molecule has 4 heteroatoms. The van der Waals surface area contributed by atoms with E-state index in [1.807, 2.05) is 18.2 Å². The first kappa shape index (κ1) is 15.9. The van der Waals surface area contributed by atoms with E-state index in [9.17, 15) is 14.7 Å². The van der Waals surface area contributed by atoms with E-state index < -0.39 is 17.4 Å². The Kier molecular flexibility index (Phi) is 4.43. The average molecular weight is 298 g/mol. The van der Waals surface area contributed by atoms with E-state index >= 15 is 0 Å². The summed E-state index contributed by atoms with van der Waals surface area (Å²) >= 11 is 0. The van der Waals surface area contributed by atoms with Crippen LogP contribution in [0.3, 0.4) is 0 Å². The molecular formula is C18H18O4. The Labute approximate surface area is 129 Å². The van der Waals surface area contributed by atoms with Crippen LogP contribution in [0.1, 0.15) is 19.4 Å².